The molecule has 1 amide bonds. The smallest absolute Gasteiger partial charge is 0.475 e. The Morgan fingerprint density at radius 2 is 2.00 bits per heavy atom. The maximum absolute atomic E-state index is 11.8. The number of rotatable bonds is 3. The number of carbonyl (C=O) groups excluding carboxylic acids is 1. The molecule has 25 heavy (non-hydrogen) atoms. The van der Waals surface area contributed by atoms with E-state index in [1.165, 1.54) is 0 Å². The number of nitrogens with zero attached hydrogens (tertiary/aromatic N) is 4. The maximum Gasteiger partial charge on any atom is 0.490 e. The molecule has 11 heteroatoms. The molecular formula is C14H21F3N4O4. The number of carbonyl (C=O) groups is 2. The molecule has 0 fully saturated rings. The summed E-state index contributed by atoms with van der Waals surface area (Å²) in [7, 11) is 5.25. The van der Waals surface area contributed by atoms with Gasteiger partial charge < -0.3 is 14.7 Å². The second kappa shape index (κ2) is 8.81. The van der Waals surface area contributed by atoms with Crippen molar-refractivity contribution < 1.29 is 32.6 Å². The van der Waals surface area contributed by atoms with E-state index in [9.17, 15) is 18.0 Å². The molecular weight excluding hydrogens is 345 g/mol. The van der Waals surface area contributed by atoms with Crippen molar-refractivity contribution >= 4 is 11.9 Å². The number of hydrogen-bond donors (Lipinski definition) is 1. The van der Waals surface area contributed by atoms with Crippen LogP contribution >= 0.6 is 0 Å². The normalized spacial score (nSPS) is 17.8. The van der Waals surface area contributed by atoms with E-state index in [4.69, 9.17) is 14.6 Å². The molecule has 1 unspecified atom stereocenters. The minimum atomic E-state index is -5.08. The van der Waals surface area contributed by atoms with E-state index in [0.29, 0.717) is 6.54 Å². The fraction of sp³-hybridized carbons (Fsp3) is 0.643. The van der Waals surface area contributed by atoms with Gasteiger partial charge in [0.15, 0.2) is 0 Å². The van der Waals surface area contributed by atoms with Crippen molar-refractivity contribution in [2.24, 2.45) is 0 Å². The highest BCUT2D eigenvalue weighted by molar-refractivity contribution is 5.77. The molecule has 1 aromatic rings. The number of amides is 1. The van der Waals surface area contributed by atoms with Crippen LogP contribution in [0.15, 0.2) is 12.3 Å². The Morgan fingerprint density at radius 3 is 2.48 bits per heavy atom. The van der Waals surface area contributed by atoms with Gasteiger partial charge in [0, 0.05) is 40.5 Å². The summed E-state index contributed by atoms with van der Waals surface area (Å²) in [5.41, 5.74) is 1.13. The summed E-state index contributed by atoms with van der Waals surface area (Å²) in [4.78, 5) is 24.4. The van der Waals surface area contributed by atoms with Crippen LogP contribution in [-0.4, -0.2) is 83.1 Å². The first-order valence-corrected chi connectivity index (χ1v) is 7.30. The minimum absolute atomic E-state index is 0.0705. The Balaban J connectivity index is 0.000000381. The first-order valence-electron chi connectivity index (χ1n) is 7.30. The van der Waals surface area contributed by atoms with Gasteiger partial charge in [-0.2, -0.15) is 18.3 Å². The van der Waals surface area contributed by atoms with Crippen LogP contribution in [0.4, 0.5) is 13.2 Å². The highest BCUT2D eigenvalue weighted by Crippen LogP contribution is 2.14. The molecule has 1 aromatic heterocycles. The van der Waals surface area contributed by atoms with Crippen LogP contribution in [0.5, 0.6) is 0 Å². The van der Waals surface area contributed by atoms with Gasteiger partial charge >= 0.3 is 12.1 Å². The van der Waals surface area contributed by atoms with Crippen LogP contribution in [0.2, 0.25) is 0 Å². The standard InChI is InChI=1S/C12H20N4O2.C2HF3O2/c1-14(2)12(17)9-15-6-10-4-5-13-16(10)8-11(7-15)18-3;3-2(4,5)1(6)7/h4-5,11H,6-9H2,1-3H3;(H,6,7). The quantitative estimate of drug-likeness (QED) is 0.835. The van der Waals surface area contributed by atoms with Crippen molar-refractivity contribution in [3.8, 4) is 0 Å². The van der Waals surface area contributed by atoms with Crippen LogP contribution < -0.4 is 0 Å². The number of ether oxygens (including phenoxy) is 1. The Hall–Kier alpha value is -2.14. The average molecular weight is 366 g/mol. The number of alkyl halides is 3. The Labute approximate surface area is 142 Å². The lowest BCUT2D eigenvalue weighted by molar-refractivity contribution is -0.192. The summed E-state index contributed by atoms with van der Waals surface area (Å²) >= 11 is 0. The Bertz CT molecular complexity index is 589. The number of hydrogen-bond acceptors (Lipinski definition) is 5. The molecule has 0 radical (unpaired) electrons. The van der Waals surface area contributed by atoms with Crippen LogP contribution in [0, 0.1) is 0 Å². The summed E-state index contributed by atoms with van der Waals surface area (Å²) in [5.74, 6) is -2.65. The summed E-state index contributed by atoms with van der Waals surface area (Å²) in [5, 5.41) is 11.4. The molecule has 1 atom stereocenters. The molecule has 8 nitrogen and oxygen atoms in total. The lowest BCUT2D eigenvalue weighted by Crippen LogP contribution is -2.39. The molecule has 0 bridgehead atoms. The molecule has 1 aliphatic heterocycles. The molecule has 1 N–H and O–H groups in total. The Kier molecular flexibility index (Phi) is 7.37. The minimum Gasteiger partial charge on any atom is -0.475 e. The van der Waals surface area contributed by atoms with Gasteiger partial charge in [0.25, 0.3) is 0 Å². The first kappa shape index (κ1) is 20.9. The van der Waals surface area contributed by atoms with Gasteiger partial charge in [-0.25, -0.2) is 4.79 Å². The molecule has 0 aromatic carbocycles. The number of carboxylic acid groups (broad SMARTS) is 1. The molecule has 142 valence electrons. The molecule has 0 aliphatic carbocycles. The third-order valence-corrected chi connectivity index (χ3v) is 3.46. The zero-order valence-electron chi connectivity index (χ0n) is 14.2. The monoisotopic (exact) mass is 366 g/mol. The van der Waals surface area contributed by atoms with Crippen molar-refractivity contribution in [1.82, 2.24) is 19.6 Å². The number of halogens is 3. The number of aliphatic carboxylic acids is 1. The summed E-state index contributed by atoms with van der Waals surface area (Å²) in [6.07, 6.45) is -3.22. The van der Waals surface area contributed by atoms with Crippen molar-refractivity contribution in [2.45, 2.75) is 25.4 Å². The van der Waals surface area contributed by atoms with E-state index in [2.05, 4.69) is 10.00 Å². The van der Waals surface area contributed by atoms with E-state index in [1.54, 1.807) is 32.3 Å². The summed E-state index contributed by atoms with van der Waals surface area (Å²) in [6.45, 7) is 2.64. The van der Waals surface area contributed by atoms with Crippen LogP contribution in [-0.2, 0) is 27.4 Å². The highest BCUT2D eigenvalue weighted by Gasteiger charge is 2.38. The van der Waals surface area contributed by atoms with Crippen LogP contribution in [0.1, 0.15) is 5.69 Å². The van der Waals surface area contributed by atoms with E-state index < -0.39 is 12.1 Å². The molecule has 2 heterocycles. The zero-order valence-corrected chi connectivity index (χ0v) is 14.2. The molecule has 1 aliphatic rings. The fourth-order valence-electron chi connectivity index (χ4n) is 2.09. The third kappa shape index (κ3) is 6.70. The second-order valence-corrected chi connectivity index (χ2v) is 5.62. The van der Waals surface area contributed by atoms with Gasteiger partial charge in [0.2, 0.25) is 5.91 Å². The van der Waals surface area contributed by atoms with E-state index in [1.807, 2.05) is 10.7 Å². The highest BCUT2D eigenvalue weighted by atomic mass is 19.4. The first-order chi connectivity index (χ1) is 11.5. The van der Waals surface area contributed by atoms with Crippen molar-refractivity contribution in [3.05, 3.63) is 18.0 Å². The predicted octanol–water partition coefficient (Wildman–Crippen LogP) is 0.435. The van der Waals surface area contributed by atoms with Crippen molar-refractivity contribution in [1.29, 1.82) is 0 Å². The largest absolute Gasteiger partial charge is 0.490 e. The maximum atomic E-state index is 11.8. The SMILES string of the molecule is COC1CN(CC(=O)N(C)C)Cc2ccnn2C1.O=C(O)C(F)(F)F. The van der Waals surface area contributed by atoms with E-state index >= 15 is 0 Å². The third-order valence-electron chi connectivity index (χ3n) is 3.46. The van der Waals surface area contributed by atoms with Crippen LogP contribution in [0.3, 0.4) is 0 Å². The van der Waals surface area contributed by atoms with E-state index in [0.717, 1.165) is 25.3 Å². The predicted molar refractivity (Wildman–Crippen MR) is 80.7 cm³/mol. The van der Waals surface area contributed by atoms with E-state index in [-0.39, 0.29) is 12.0 Å². The van der Waals surface area contributed by atoms with Crippen LogP contribution in [0.25, 0.3) is 0 Å². The number of fused-ring (bicyclic) bond motifs is 1. The van der Waals surface area contributed by atoms with Gasteiger partial charge in [-0.1, -0.05) is 0 Å². The number of aromatic nitrogens is 2. The van der Waals surface area contributed by atoms with Gasteiger partial charge in [-0.3, -0.25) is 14.4 Å². The topological polar surface area (TPSA) is 87.9 Å². The fourth-order valence-corrected chi connectivity index (χ4v) is 2.09. The van der Waals surface area contributed by atoms with Gasteiger partial charge in [0.05, 0.1) is 24.9 Å². The number of likely N-dealkylation sites (N-methyl/N-ethyl adjacent to an activating group) is 1. The Morgan fingerprint density at radius 1 is 1.40 bits per heavy atom. The van der Waals surface area contributed by atoms with Gasteiger partial charge in [-0.05, 0) is 6.07 Å². The molecule has 2 rings (SSSR count). The van der Waals surface area contributed by atoms with Gasteiger partial charge in [-0.15, -0.1) is 0 Å². The molecule has 0 spiro atoms. The number of carboxylic acids is 1. The van der Waals surface area contributed by atoms with Crippen molar-refractivity contribution in [2.75, 3.05) is 34.3 Å². The summed E-state index contributed by atoms with van der Waals surface area (Å²) < 4.78 is 39.1. The van der Waals surface area contributed by atoms with Crippen molar-refractivity contribution in [3.63, 3.8) is 0 Å². The summed E-state index contributed by atoms with van der Waals surface area (Å²) in [6, 6.07) is 1.99. The lowest BCUT2D eigenvalue weighted by atomic mass is 10.3. The number of methoxy groups -OCH3 is 1. The lowest BCUT2D eigenvalue weighted by Gasteiger charge is -2.23. The molecule has 0 saturated heterocycles. The second-order valence-electron chi connectivity index (χ2n) is 5.62. The zero-order chi connectivity index (χ0) is 19.2. The molecule has 0 saturated carbocycles. The van der Waals surface area contributed by atoms with Gasteiger partial charge in [0.1, 0.15) is 0 Å². The average Bonchev–Trinajstić information content (AvgIpc) is 2.85.